The Morgan fingerprint density at radius 3 is 2.71 bits per heavy atom. The van der Waals surface area contributed by atoms with Crippen LogP contribution in [0.1, 0.15) is 52.5 Å². The van der Waals surface area contributed by atoms with Gasteiger partial charge in [-0.3, -0.25) is 4.79 Å². The molecule has 0 spiro atoms. The SMILES string of the molecule is Cc1ccc(C2CCCN2C(=O)Cc2c(C)nc3nc(N)nn3c2C)cc1C. The summed E-state index contributed by atoms with van der Waals surface area (Å²) in [7, 11) is 0. The fourth-order valence-corrected chi connectivity index (χ4v) is 4.12. The molecule has 1 saturated heterocycles. The largest absolute Gasteiger partial charge is 0.366 e. The molecule has 146 valence electrons. The zero-order chi connectivity index (χ0) is 20.0. The predicted octanol–water partition coefficient (Wildman–Crippen LogP) is 2.85. The molecule has 1 unspecified atom stereocenters. The van der Waals surface area contributed by atoms with Crippen molar-refractivity contribution in [1.29, 1.82) is 0 Å². The first kappa shape index (κ1) is 18.4. The fraction of sp³-hybridized carbons (Fsp3) is 0.429. The number of aromatic nitrogens is 4. The van der Waals surface area contributed by atoms with Gasteiger partial charge in [0.15, 0.2) is 0 Å². The third-order valence-electron chi connectivity index (χ3n) is 5.88. The standard InChI is InChI=1S/C21H26N6O/c1-12-7-8-16(10-13(12)2)18-6-5-9-26(18)19(28)11-17-14(3)23-21-24-20(22)25-27(21)15(17)4/h7-8,10,18H,5-6,9,11H2,1-4H3,(H2,22,25). The molecule has 0 radical (unpaired) electrons. The van der Waals surface area contributed by atoms with E-state index in [1.54, 1.807) is 4.52 Å². The first-order valence-electron chi connectivity index (χ1n) is 9.70. The van der Waals surface area contributed by atoms with Gasteiger partial charge in [-0.25, -0.2) is 4.98 Å². The van der Waals surface area contributed by atoms with Crippen LogP contribution in [0.5, 0.6) is 0 Å². The van der Waals surface area contributed by atoms with Crippen molar-refractivity contribution in [2.45, 2.75) is 53.0 Å². The minimum absolute atomic E-state index is 0.126. The van der Waals surface area contributed by atoms with Gasteiger partial charge < -0.3 is 10.6 Å². The molecule has 1 aliphatic heterocycles. The Hall–Kier alpha value is -2.96. The van der Waals surface area contributed by atoms with Crippen molar-refractivity contribution in [1.82, 2.24) is 24.5 Å². The summed E-state index contributed by atoms with van der Waals surface area (Å²) in [6.45, 7) is 8.87. The second kappa shape index (κ2) is 6.89. The molecule has 1 fully saturated rings. The van der Waals surface area contributed by atoms with Crippen molar-refractivity contribution < 1.29 is 4.79 Å². The number of benzene rings is 1. The highest BCUT2D eigenvalue weighted by molar-refractivity contribution is 5.80. The van der Waals surface area contributed by atoms with E-state index in [0.29, 0.717) is 12.2 Å². The van der Waals surface area contributed by atoms with Crippen LogP contribution in [0, 0.1) is 27.7 Å². The van der Waals surface area contributed by atoms with Gasteiger partial charge in [-0.1, -0.05) is 18.2 Å². The van der Waals surface area contributed by atoms with Gasteiger partial charge in [0, 0.05) is 23.5 Å². The van der Waals surface area contributed by atoms with Crippen molar-refractivity contribution in [3.05, 3.63) is 51.8 Å². The summed E-state index contributed by atoms with van der Waals surface area (Å²) in [4.78, 5) is 23.8. The van der Waals surface area contributed by atoms with Crippen LogP contribution in [0.3, 0.4) is 0 Å². The van der Waals surface area contributed by atoms with Gasteiger partial charge in [0.05, 0.1) is 12.5 Å². The van der Waals surface area contributed by atoms with Gasteiger partial charge in [0.25, 0.3) is 5.78 Å². The van der Waals surface area contributed by atoms with Crippen molar-refractivity contribution in [2.75, 3.05) is 12.3 Å². The molecule has 7 nitrogen and oxygen atoms in total. The molecule has 7 heteroatoms. The summed E-state index contributed by atoms with van der Waals surface area (Å²) in [6, 6.07) is 6.66. The van der Waals surface area contributed by atoms with Crippen molar-refractivity contribution >= 4 is 17.6 Å². The second-order valence-corrected chi connectivity index (χ2v) is 7.71. The van der Waals surface area contributed by atoms with Crippen molar-refractivity contribution in [3.63, 3.8) is 0 Å². The van der Waals surface area contributed by atoms with Crippen LogP contribution in [-0.2, 0) is 11.2 Å². The first-order valence-corrected chi connectivity index (χ1v) is 9.70. The number of hydrogen-bond donors (Lipinski definition) is 1. The Labute approximate surface area is 164 Å². The molecule has 0 aliphatic carbocycles. The highest BCUT2D eigenvalue weighted by atomic mass is 16.2. The van der Waals surface area contributed by atoms with Crippen molar-refractivity contribution in [3.8, 4) is 0 Å². The van der Waals surface area contributed by atoms with Gasteiger partial charge in [-0.05, 0) is 57.2 Å². The van der Waals surface area contributed by atoms with E-state index in [9.17, 15) is 4.79 Å². The number of fused-ring (bicyclic) bond motifs is 1. The molecule has 1 atom stereocenters. The number of nitrogen functional groups attached to an aromatic ring is 1. The molecule has 1 aliphatic rings. The number of rotatable bonds is 3. The number of anilines is 1. The molecular weight excluding hydrogens is 352 g/mol. The second-order valence-electron chi connectivity index (χ2n) is 7.71. The van der Waals surface area contributed by atoms with Crippen LogP contribution in [-0.4, -0.2) is 36.9 Å². The third kappa shape index (κ3) is 3.10. The van der Waals surface area contributed by atoms with E-state index in [4.69, 9.17) is 5.73 Å². The van der Waals surface area contributed by atoms with E-state index in [0.717, 1.165) is 36.3 Å². The zero-order valence-electron chi connectivity index (χ0n) is 16.9. The minimum atomic E-state index is 0.126. The Bertz CT molecular complexity index is 1070. The molecule has 28 heavy (non-hydrogen) atoms. The van der Waals surface area contributed by atoms with Crippen LogP contribution in [0.25, 0.3) is 5.78 Å². The molecule has 4 rings (SSSR count). The van der Waals surface area contributed by atoms with Gasteiger partial charge in [0.1, 0.15) is 0 Å². The Kier molecular flexibility index (Phi) is 4.53. The van der Waals surface area contributed by atoms with Crippen molar-refractivity contribution in [2.24, 2.45) is 0 Å². The third-order valence-corrected chi connectivity index (χ3v) is 5.88. The molecular formula is C21H26N6O. The summed E-state index contributed by atoms with van der Waals surface area (Å²) in [5.74, 6) is 0.784. The number of nitrogens with zero attached hydrogens (tertiary/aromatic N) is 5. The molecule has 0 saturated carbocycles. The molecule has 1 aromatic carbocycles. The van der Waals surface area contributed by atoms with Gasteiger partial charge >= 0.3 is 0 Å². The molecule has 0 bridgehead atoms. The zero-order valence-corrected chi connectivity index (χ0v) is 16.9. The average Bonchev–Trinajstić information content (AvgIpc) is 3.27. The molecule has 2 N–H and O–H groups in total. The number of nitrogens with two attached hydrogens (primary N) is 1. The lowest BCUT2D eigenvalue weighted by atomic mass is 9.99. The lowest BCUT2D eigenvalue weighted by molar-refractivity contribution is -0.131. The van der Waals surface area contributed by atoms with E-state index < -0.39 is 0 Å². The lowest BCUT2D eigenvalue weighted by Gasteiger charge is -2.26. The van der Waals surface area contributed by atoms with E-state index in [1.165, 1.54) is 16.7 Å². The lowest BCUT2D eigenvalue weighted by Crippen LogP contribution is -2.32. The maximum atomic E-state index is 13.2. The smallest absolute Gasteiger partial charge is 0.254 e. The first-order chi connectivity index (χ1) is 13.3. The Balaban J connectivity index is 1.62. The highest BCUT2D eigenvalue weighted by Crippen LogP contribution is 2.33. The Morgan fingerprint density at radius 2 is 1.96 bits per heavy atom. The summed E-state index contributed by atoms with van der Waals surface area (Å²) < 4.78 is 1.62. The summed E-state index contributed by atoms with van der Waals surface area (Å²) in [5, 5.41) is 4.20. The summed E-state index contributed by atoms with van der Waals surface area (Å²) in [5.41, 5.74) is 12.0. The quantitative estimate of drug-likeness (QED) is 0.757. The normalized spacial score (nSPS) is 16.9. The fourth-order valence-electron chi connectivity index (χ4n) is 4.12. The summed E-state index contributed by atoms with van der Waals surface area (Å²) >= 11 is 0. The van der Waals surface area contributed by atoms with Gasteiger partial charge in [0.2, 0.25) is 11.9 Å². The average molecular weight is 378 g/mol. The molecule has 1 amide bonds. The van der Waals surface area contributed by atoms with E-state index >= 15 is 0 Å². The maximum absolute atomic E-state index is 13.2. The van der Waals surface area contributed by atoms with E-state index in [2.05, 4.69) is 47.1 Å². The van der Waals surface area contributed by atoms with Crippen LogP contribution in [0.2, 0.25) is 0 Å². The topological polar surface area (TPSA) is 89.4 Å². The monoisotopic (exact) mass is 378 g/mol. The maximum Gasteiger partial charge on any atom is 0.254 e. The molecule has 3 heterocycles. The molecule has 2 aromatic heterocycles. The van der Waals surface area contributed by atoms with Gasteiger partial charge in [-0.15, -0.1) is 5.10 Å². The number of aryl methyl sites for hydroxylation is 4. The van der Waals surface area contributed by atoms with Gasteiger partial charge in [-0.2, -0.15) is 9.50 Å². The van der Waals surface area contributed by atoms with E-state index in [-0.39, 0.29) is 17.9 Å². The minimum Gasteiger partial charge on any atom is -0.366 e. The van der Waals surface area contributed by atoms with E-state index in [1.807, 2.05) is 18.7 Å². The number of likely N-dealkylation sites (tertiary alicyclic amines) is 1. The van der Waals surface area contributed by atoms with Crippen LogP contribution < -0.4 is 5.73 Å². The highest BCUT2D eigenvalue weighted by Gasteiger charge is 2.31. The summed E-state index contributed by atoms with van der Waals surface area (Å²) in [6.07, 6.45) is 2.34. The van der Waals surface area contributed by atoms with Crippen LogP contribution >= 0.6 is 0 Å². The Morgan fingerprint density at radius 1 is 1.18 bits per heavy atom. The molecule has 3 aromatic rings. The number of hydrogen-bond acceptors (Lipinski definition) is 5. The predicted molar refractivity (Wildman–Crippen MR) is 108 cm³/mol. The number of carbonyl (C=O) groups is 1. The number of amides is 1. The van der Waals surface area contributed by atoms with Crippen LogP contribution in [0.15, 0.2) is 18.2 Å². The van der Waals surface area contributed by atoms with Crippen LogP contribution in [0.4, 0.5) is 5.95 Å². The number of carbonyl (C=O) groups excluding carboxylic acids is 1.